The Kier molecular flexibility index (Phi) is 3.72. The third kappa shape index (κ3) is 2.92. The van der Waals surface area contributed by atoms with Gasteiger partial charge in [0.05, 0.1) is 10.4 Å². The van der Waals surface area contributed by atoms with E-state index in [1.165, 1.54) is 12.1 Å². The topological polar surface area (TPSA) is 26.0 Å². The molecule has 1 unspecified atom stereocenters. The second-order valence-corrected chi connectivity index (χ2v) is 3.86. The smallest absolute Gasteiger partial charge is 0.330 e. The highest BCUT2D eigenvalue weighted by molar-refractivity contribution is 9.10. The molecule has 0 spiro atoms. The molecule has 0 fully saturated rings. The monoisotopic (exact) mass is 285 g/mol. The maximum Gasteiger partial charge on any atom is 0.396 e. The number of alkyl halides is 3. The Morgan fingerprint density at radius 2 is 1.93 bits per heavy atom. The van der Waals surface area contributed by atoms with Gasteiger partial charge in [0.2, 0.25) is 0 Å². The van der Waals surface area contributed by atoms with Gasteiger partial charge in [0.25, 0.3) is 0 Å². The van der Waals surface area contributed by atoms with Crippen molar-refractivity contribution in [1.29, 1.82) is 0 Å². The molecule has 0 bridgehead atoms. The van der Waals surface area contributed by atoms with Gasteiger partial charge in [-0.2, -0.15) is 13.2 Å². The van der Waals surface area contributed by atoms with Crippen molar-refractivity contribution in [3.8, 4) is 0 Å². The Balaban J connectivity index is 3.08. The van der Waals surface area contributed by atoms with E-state index < -0.39 is 24.5 Å². The van der Waals surface area contributed by atoms with Gasteiger partial charge in [-0.1, -0.05) is 6.07 Å². The van der Waals surface area contributed by atoms with E-state index in [9.17, 15) is 17.6 Å². The Labute approximate surface area is 92.4 Å². The first-order valence-electron chi connectivity index (χ1n) is 4.08. The summed E-state index contributed by atoms with van der Waals surface area (Å²) < 4.78 is 50.4. The van der Waals surface area contributed by atoms with E-state index in [0.717, 1.165) is 6.07 Å². The van der Waals surface area contributed by atoms with E-state index in [1.807, 2.05) is 0 Å². The summed E-state index contributed by atoms with van der Waals surface area (Å²) >= 11 is 2.86. The fourth-order valence-corrected chi connectivity index (χ4v) is 1.43. The van der Waals surface area contributed by atoms with Crippen molar-refractivity contribution in [2.24, 2.45) is 5.73 Å². The summed E-state index contributed by atoms with van der Waals surface area (Å²) in [7, 11) is 0. The Hall–Kier alpha value is -0.620. The van der Waals surface area contributed by atoms with Crippen LogP contribution in [0.1, 0.15) is 11.5 Å². The van der Waals surface area contributed by atoms with E-state index in [-0.39, 0.29) is 10.0 Å². The van der Waals surface area contributed by atoms with Gasteiger partial charge in [-0.05, 0) is 33.6 Å². The van der Waals surface area contributed by atoms with Crippen molar-refractivity contribution in [2.45, 2.75) is 12.1 Å². The number of hydrogen-bond donors (Lipinski definition) is 1. The molecule has 0 aliphatic heterocycles. The first-order valence-corrected chi connectivity index (χ1v) is 4.87. The van der Waals surface area contributed by atoms with Crippen molar-refractivity contribution in [3.63, 3.8) is 0 Å². The minimum absolute atomic E-state index is 0.129. The molecule has 0 radical (unpaired) electrons. The average molecular weight is 286 g/mol. The molecule has 0 amide bonds. The van der Waals surface area contributed by atoms with Crippen molar-refractivity contribution < 1.29 is 17.6 Å². The summed E-state index contributed by atoms with van der Waals surface area (Å²) in [5.41, 5.74) is 4.86. The van der Waals surface area contributed by atoms with Gasteiger partial charge >= 0.3 is 6.18 Å². The molecule has 0 aliphatic rings. The number of benzene rings is 1. The normalized spacial score (nSPS) is 14.0. The highest BCUT2D eigenvalue weighted by Crippen LogP contribution is 2.34. The van der Waals surface area contributed by atoms with Crippen LogP contribution in [0.4, 0.5) is 17.6 Å². The molecular formula is C9H8BrF4N. The van der Waals surface area contributed by atoms with Crippen LogP contribution in [-0.4, -0.2) is 12.7 Å². The van der Waals surface area contributed by atoms with Crippen LogP contribution in [0.25, 0.3) is 0 Å². The first kappa shape index (κ1) is 12.4. The van der Waals surface area contributed by atoms with Gasteiger partial charge in [0.1, 0.15) is 5.82 Å². The molecule has 6 heteroatoms. The number of halogens is 5. The van der Waals surface area contributed by atoms with Crippen LogP contribution >= 0.6 is 15.9 Å². The molecule has 1 rings (SSSR count). The van der Waals surface area contributed by atoms with E-state index >= 15 is 0 Å². The molecule has 0 saturated heterocycles. The molecule has 15 heavy (non-hydrogen) atoms. The van der Waals surface area contributed by atoms with Crippen molar-refractivity contribution >= 4 is 15.9 Å². The van der Waals surface area contributed by atoms with Crippen LogP contribution < -0.4 is 5.73 Å². The molecule has 1 aromatic carbocycles. The average Bonchev–Trinajstić information content (AvgIpc) is 2.10. The molecular weight excluding hydrogens is 278 g/mol. The van der Waals surface area contributed by atoms with E-state index in [2.05, 4.69) is 15.9 Å². The van der Waals surface area contributed by atoms with Crippen LogP contribution in [0.5, 0.6) is 0 Å². The van der Waals surface area contributed by atoms with Gasteiger partial charge in [0, 0.05) is 6.54 Å². The molecule has 1 nitrogen and oxygen atoms in total. The standard InChI is InChI=1S/C9H8BrF4N/c10-7-2-1-5(3-8(7)11)6(4-15)9(12,13)14/h1-3,6H,4,15H2. The summed E-state index contributed by atoms with van der Waals surface area (Å²) in [5.74, 6) is -2.55. The predicted molar refractivity (Wildman–Crippen MR) is 52.0 cm³/mol. The lowest BCUT2D eigenvalue weighted by atomic mass is 9.99. The van der Waals surface area contributed by atoms with Crippen LogP contribution in [-0.2, 0) is 0 Å². The lowest BCUT2D eigenvalue weighted by molar-refractivity contribution is -0.148. The Morgan fingerprint density at radius 1 is 1.33 bits per heavy atom. The van der Waals surface area contributed by atoms with Crippen molar-refractivity contribution in [3.05, 3.63) is 34.1 Å². The number of nitrogens with two attached hydrogens (primary N) is 1. The zero-order chi connectivity index (χ0) is 11.6. The number of hydrogen-bond acceptors (Lipinski definition) is 1. The fourth-order valence-electron chi connectivity index (χ4n) is 1.19. The minimum Gasteiger partial charge on any atom is -0.330 e. The van der Waals surface area contributed by atoms with E-state index in [4.69, 9.17) is 5.73 Å². The molecule has 0 heterocycles. The second kappa shape index (κ2) is 4.49. The fraction of sp³-hybridized carbons (Fsp3) is 0.333. The summed E-state index contributed by atoms with van der Waals surface area (Å²) in [6.45, 7) is -0.593. The molecule has 1 aromatic rings. The maximum atomic E-state index is 13.0. The van der Waals surface area contributed by atoms with E-state index in [1.54, 1.807) is 0 Å². The van der Waals surface area contributed by atoms with Crippen LogP contribution in [0.3, 0.4) is 0 Å². The maximum absolute atomic E-state index is 13.0. The third-order valence-corrected chi connectivity index (χ3v) is 2.62. The summed E-state index contributed by atoms with van der Waals surface area (Å²) in [5, 5.41) is 0. The van der Waals surface area contributed by atoms with E-state index in [0.29, 0.717) is 0 Å². The summed E-state index contributed by atoms with van der Waals surface area (Å²) in [6, 6.07) is 3.28. The molecule has 0 saturated carbocycles. The minimum atomic E-state index is -4.45. The summed E-state index contributed by atoms with van der Waals surface area (Å²) in [4.78, 5) is 0. The molecule has 0 aromatic heterocycles. The molecule has 0 aliphatic carbocycles. The van der Waals surface area contributed by atoms with Gasteiger partial charge in [0.15, 0.2) is 0 Å². The third-order valence-electron chi connectivity index (χ3n) is 1.98. The van der Waals surface area contributed by atoms with Crippen LogP contribution in [0, 0.1) is 5.82 Å². The van der Waals surface area contributed by atoms with Gasteiger partial charge in [-0.3, -0.25) is 0 Å². The zero-order valence-electron chi connectivity index (χ0n) is 7.48. The lowest BCUT2D eigenvalue weighted by Crippen LogP contribution is -2.28. The lowest BCUT2D eigenvalue weighted by Gasteiger charge is -2.18. The predicted octanol–water partition coefficient (Wildman–Crippen LogP) is 3.19. The van der Waals surface area contributed by atoms with Crippen LogP contribution in [0.15, 0.2) is 22.7 Å². The SMILES string of the molecule is NCC(c1ccc(Br)c(F)c1)C(F)(F)F. The quantitative estimate of drug-likeness (QED) is 0.830. The molecule has 84 valence electrons. The van der Waals surface area contributed by atoms with Crippen LogP contribution in [0.2, 0.25) is 0 Å². The van der Waals surface area contributed by atoms with Gasteiger partial charge < -0.3 is 5.73 Å². The highest BCUT2D eigenvalue weighted by atomic mass is 79.9. The van der Waals surface area contributed by atoms with Gasteiger partial charge in [-0.25, -0.2) is 4.39 Å². The van der Waals surface area contributed by atoms with Gasteiger partial charge in [-0.15, -0.1) is 0 Å². The second-order valence-electron chi connectivity index (χ2n) is 3.00. The van der Waals surface area contributed by atoms with Crippen molar-refractivity contribution in [2.75, 3.05) is 6.54 Å². The Bertz CT molecular complexity index is 350. The highest BCUT2D eigenvalue weighted by Gasteiger charge is 2.39. The summed E-state index contributed by atoms with van der Waals surface area (Å²) in [6.07, 6.45) is -4.45. The van der Waals surface area contributed by atoms with Crippen molar-refractivity contribution in [1.82, 2.24) is 0 Å². The molecule has 1 atom stereocenters. The first-order chi connectivity index (χ1) is 6.86. The Morgan fingerprint density at radius 3 is 2.33 bits per heavy atom. The number of rotatable bonds is 2. The molecule has 2 N–H and O–H groups in total. The largest absolute Gasteiger partial charge is 0.396 e. The zero-order valence-corrected chi connectivity index (χ0v) is 9.07.